The minimum absolute atomic E-state index is 0.377. The third kappa shape index (κ3) is 3.15. The summed E-state index contributed by atoms with van der Waals surface area (Å²) in [4.78, 5) is 23.0. The smallest absolute Gasteiger partial charge is 0.338 e. The highest BCUT2D eigenvalue weighted by Gasteiger charge is 2.46. The Bertz CT molecular complexity index is 486. The molecule has 1 aliphatic heterocycles. The monoisotopic (exact) mass is 280 g/mol. The molecule has 0 radical (unpaired) electrons. The molecule has 108 valence electrons. The maximum absolute atomic E-state index is 12.0. The number of aliphatic hydroxyl groups is 1. The largest absolute Gasteiger partial charge is 0.453 e. The van der Waals surface area contributed by atoms with Gasteiger partial charge in [-0.2, -0.15) is 0 Å². The van der Waals surface area contributed by atoms with Gasteiger partial charge in [-0.15, -0.1) is 0 Å². The van der Waals surface area contributed by atoms with Gasteiger partial charge >= 0.3 is 11.9 Å². The van der Waals surface area contributed by atoms with E-state index in [9.17, 15) is 14.7 Å². The van der Waals surface area contributed by atoms with Gasteiger partial charge in [-0.1, -0.05) is 18.2 Å². The lowest BCUT2D eigenvalue weighted by atomic mass is 10.1. The highest BCUT2D eigenvalue weighted by atomic mass is 16.7. The molecule has 20 heavy (non-hydrogen) atoms. The first-order valence-corrected chi connectivity index (χ1v) is 6.26. The molecule has 1 heterocycles. The van der Waals surface area contributed by atoms with Crippen LogP contribution < -0.4 is 0 Å². The van der Waals surface area contributed by atoms with Crippen molar-refractivity contribution in [1.82, 2.24) is 0 Å². The lowest BCUT2D eigenvalue weighted by Crippen LogP contribution is -2.39. The van der Waals surface area contributed by atoms with E-state index in [1.165, 1.54) is 6.92 Å². The van der Waals surface area contributed by atoms with E-state index < -0.39 is 36.5 Å². The van der Waals surface area contributed by atoms with E-state index in [1.807, 2.05) is 0 Å². The van der Waals surface area contributed by atoms with Gasteiger partial charge in [0.1, 0.15) is 0 Å². The Morgan fingerprint density at radius 3 is 2.40 bits per heavy atom. The van der Waals surface area contributed by atoms with E-state index in [0.717, 1.165) is 0 Å². The van der Waals surface area contributed by atoms with E-state index >= 15 is 0 Å². The molecule has 1 aromatic rings. The highest BCUT2D eigenvalue weighted by Crippen LogP contribution is 2.26. The van der Waals surface area contributed by atoms with Crippen LogP contribution in [-0.2, 0) is 19.0 Å². The zero-order chi connectivity index (χ0) is 14.7. The number of esters is 2. The Morgan fingerprint density at radius 2 is 1.80 bits per heavy atom. The number of carbonyl (C=O) groups is 2. The fourth-order valence-corrected chi connectivity index (χ4v) is 2.05. The molecule has 0 amide bonds. The molecule has 0 bridgehead atoms. The van der Waals surface area contributed by atoms with Crippen molar-refractivity contribution >= 4 is 11.9 Å². The molecule has 1 N–H and O–H groups in total. The van der Waals surface area contributed by atoms with Crippen LogP contribution in [0.25, 0.3) is 0 Å². The minimum atomic E-state index is -1.30. The number of carbonyl (C=O) groups excluding carboxylic acids is 2. The van der Waals surface area contributed by atoms with E-state index in [4.69, 9.17) is 14.2 Å². The zero-order valence-electron chi connectivity index (χ0n) is 11.2. The summed E-state index contributed by atoms with van der Waals surface area (Å²) in [6.07, 6.45) is -3.73. The molecule has 6 heteroatoms. The van der Waals surface area contributed by atoms with Crippen molar-refractivity contribution in [3.05, 3.63) is 35.9 Å². The standard InChI is InChI=1S/C14H16O6/c1-8-11(12(14(17)18-8)19-9(2)15)20-13(16)10-6-4-3-5-7-10/h3-8,11-12,14,17H,1-2H3/t8-,11+,12+,14-/m1/s1. The van der Waals surface area contributed by atoms with Gasteiger partial charge in [0.2, 0.25) is 0 Å². The molecule has 0 spiro atoms. The predicted molar refractivity (Wildman–Crippen MR) is 67.8 cm³/mol. The highest BCUT2D eigenvalue weighted by molar-refractivity contribution is 5.89. The summed E-state index contributed by atoms with van der Waals surface area (Å²) < 4.78 is 15.4. The SMILES string of the molecule is CC(=O)O[C@H]1[C@@H](OC(=O)c2ccccc2)[C@@H](C)O[C@H]1O. The number of ether oxygens (including phenoxy) is 3. The van der Waals surface area contributed by atoms with Gasteiger partial charge in [-0.3, -0.25) is 4.79 Å². The maximum atomic E-state index is 12.0. The predicted octanol–water partition coefficient (Wildman–Crippen LogP) is 0.881. The number of rotatable bonds is 3. The topological polar surface area (TPSA) is 82.1 Å². The van der Waals surface area contributed by atoms with E-state index in [1.54, 1.807) is 37.3 Å². The summed E-state index contributed by atoms with van der Waals surface area (Å²) in [6, 6.07) is 8.43. The number of hydrogen-bond acceptors (Lipinski definition) is 6. The summed E-state index contributed by atoms with van der Waals surface area (Å²) in [7, 11) is 0. The molecule has 0 saturated carbocycles. The van der Waals surface area contributed by atoms with Crippen molar-refractivity contribution < 1.29 is 28.9 Å². The summed E-state index contributed by atoms with van der Waals surface area (Å²) in [5.74, 6) is -1.13. The Balaban J connectivity index is 2.09. The molecule has 1 aliphatic rings. The molecule has 6 nitrogen and oxygen atoms in total. The summed E-state index contributed by atoms with van der Waals surface area (Å²) in [5, 5.41) is 9.67. The average molecular weight is 280 g/mol. The van der Waals surface area contributed by atoms with Gasteiger partial charge in [-0.25, -0.2) is 4.79 Å². The van der Waals surface area contributed by atoms with Gasteiger partial charge in [-0.05, 0) is 19.1 Å². The van der Waals surface area contributed by atoms with E-state index in [2.05, 4.69) is 0 Å². The normalized spacial score (nSPS) is 28.9. The molecule has 1 fully saturated rings. The first kappa shape index (κ1) is 14.5. The molecule has 0 unspecified atom stereocenters. The zero-order valence-corrected chi connectivity index (χ0v) is 11.2. The molecule has 0 aromatic heterocycles. The van der Waals surface area contributed by atoms with Crippen LogP contribution in [0.4, 0.5) is 0 Å². The second-order valence-electron chi connectivity index (χ2n) is 4.54. The number of hydrogen-bond donors (Lipinski definition) is 1. The van der Waals surface area contributed by atoms with E-state index in [-0.39, 0.29) is 0 Å². The second kappa shape index (κ2) is 6.02. The minimum Gasteiger partial charge on any atom is -0.453 e. The summed E-state index contributed by atoms with van der Waals surface area (Å²) in [5.41, 5.74) is 0.377. The average Bonchev–Trinajstić information content (AvgIpc) is 2.66. The van der Waals surface area contributed by atoms with E-state index in [0.29, 0.717) is 5.56 Å². The molecule has 4 atom stereocenters. The van der Waals surface area contributed by atoms with Gasteiger partial charge in [0.25, 0.3) is 0 Å². The van der Waals surface area contributed by atoms with Gasteiger partial charge in [0.15, 0.2) is 18.5 Å². The fraction of sp³-hybridized carbons (Fsp3) is 0.429. The van der Waals surface area contributed by atoms with Crippen LogP contribution >= 0.6 is 0 Å². The van der Waals surface area contributed by atoms with Crippen molar-refractivity contribution in [2.24, 2.45) is 0 Å². The Hall–Kier alpha value is -1.92. The van der Waals surface area contributed by atoms with Gasteiger partial charge in [0, 0.05) is 6.92 Å². The lowest BCUT2D eigenvalue weighted by Gasteiger charge is -2.21. The summed E-state index contributed by atoms with van der Waals surface area (Å²) >= 11 is 0. The van der Waals surface area contributed by atoms with Crippen molar-refractivity contribution in [2.45, 2.75) is 38.4 Å². The third-order valence-electron chi connectivity index (χ3n) is 2.98. The van der Waals surface area contributed by atoms with Crippen LogP contribution in [0.1, 0.15) is 24.2 Å². The lowest BCUT2D eigenvalue weighted by molar-refractivity contribution is -0.169. The molecule has 1 saturated heterocycles. The van der Waals surface area contributed by atoms with Crippen LogP contribution in [0, 0.1) is 0 Å². The number of aliphatic hydroxyl groups excluding tert-OH is 1. The summed E-state index contributed by atoms with van der Waals surface area (Å²) in [6.45, 7) is 2.85. The maximum Gasteiger partial charge on any atom is 0.338 e. The quantitative estimate of drug-likeness (QED) is 0.828. The molecule has 0 aliphatic carbocycles. The third-order valence-corrected chi connectivity index (χ3v) is 2.98. The molecule has 2 rings (SSSR count). The Labute approximate surface area is 116 Å². The first-order valence-electron chi connectivity index (χ1n) is 6.26. The van der Waals surface area contributed by atoms with Crippen LogP contribution in [0.5, 0.6) is 0 Å². The van der Waals surface area contributed by atoms with Crippen molar-refractivity contribution in [2.75, 3.05) is 0 Å². The van der Waals surface area contributed by atoms with Crippen LogP contribution in [0.15, 0.2) is 30.3 Å². The Morgan fingerprint density at radius 1 is 1.15 bits per heavy atom. The van der Waals surface area contributed by atoms with Crippen LogP contribution in [-0.4, -0.2) is 41.6 Å². The van der Waals surface area contributed by atoms with Gasteiger partial charge in [0.05, 0.1) is 11.7 Å². The van der Waals surface area contributed by atoms with Crippen LogP contribution in [0.2, 0.25) is 0 Å². The first-order chi connectivity index (χ1) is 9.49. The van der Waals surface area contributed by atoms with Crippen molar-refractivity contribution in [3.63, 3.8) is 0 Å². The van der Waals surface area contributed by atoms with Gasteiger partial charge < -0.3 is 19.3 Å². The fourth-order valence-electron chi connectivity index (χ4n) is 2.05. The molecular weight excluding hydrogens is 264 g/mol. The molecular formula is C14H16O6. The number of benzene rings is 1. The Kier molecular flexibility index (Phi) is 4.36. The van der Waals surface area contributed by atoms with Crippen molar-refractivity contribution in [3.8, 4) is 0 Å². The molecule has 1 aromatic carbocycles. The van der Waals surface area contributed by atoms with Crippen LogP contribution in [0.3, 0.4) is 0 Å². The van der Waals surface area contributed by atoms with Crippen molar-refractivity contribution in [1.29, 1.82) is 0 Å². The second-order valence-corrected chi connectivity index (χ2v) is 4.54.